The van der Waals surface area contributed by atoms with E-state index in [2.05, 4.69) is 49.9 Å². The van der Waals surface area contributed by atoms with Crippen molar-refractivity contribution in [2.45, 2.75) is 65.0 Å². The number of nitrogens with zero attached hydrogens (tertiary/aromatic N) is 1. The first kappa shape index (κ1) is 20.0. The molecule has 1 aromatic rings. The Morgan fingerprint density at radius 1 is 1.26 bits per heavy atom. The summed E-state index contributed by atoms with van der Waals surface area (Å²) in [5.41, 5.74) is 8.57. The van der Waals surface area contributed by atoms with Crippen LogP contribution < -0.4 is 5.73 Å². The minimum atomic E-state index is 0. The maximum absolute atomic E-state index is 12.8. The number of likely N-dealkylation sites (N-methyl/N-ethyl adjacent to an activating group) is 1. The van der Waals surface area contributed by atoms with E-state index in [9.17, 15) is 4.79 Å². The van der Waals surface area contributed by atoms with Crippen LogP contribution in [0.1, 0.15) is 50.7 Å². The first-order valence-electron chi connectivity index (χ1n) is 8.66. The lowest BCUT2D eigenvalue weighted by molar-refractivity contribution is -0.137. The van der Waals surface area contributed by atoms with E-state index in [0.29, 0.717) is 5.91 Å². The standard InChI is InChI=1S/C19H30N2O.ClH/c1-4-18(12-15-8-6-14(3)7-9-15)21(5-2)19(22)16-10-11-17(20)13-16;/h6-9,16-18H,4-5,10-13,20H2,1-3H3;1H. The minimum absolute atomic E-state index is 0. The van der Waals surface area contributed by atoms with Crippen LogP contribution in [0.3, 0.4) is 0 Å². The summed E-state index contributed by atoms with van der Waals surface area (Å²) >= 11 is 0. The molecule has 1 aliphatic rings. The first-order valence-corrected chi connectivity index (χ1v) is 8.66. The third kappa shape index (κ3) is 5.22. The number of carbonyl (C=O) groups is 1. The van der Waals surface area contributed by atoms with Crippen molar-refractivity contribution in [3.05, 3.63) is 35.4 Å². The highest BCUT2D eigenvalue weighted by Gasteiger charge is 2.32. The smallest absolute Gasteiger partial charge is 0.225 e. The van der Waals surface area contributed by atoms with E-state index in [-0.39, 0.29) is 30.4 Å². The largest absolute Gasteiger partial charge is 0.339 e. The van der Waals surface area contributed by atoms with Crippen molar-refractivity contribution >= 4 is 18.3 Å². The van der Waals surface area contributed by atoms with Crippen molar-refractivity contribution in [1.29, 1.82) is 0 Å². The number of aryl methyl sites for hydroxylation is 1. The van der Waals surface area contributed by atoms with Crippen LogP contribution >= 0.6 is 12.4 Å². The van der Waals surface area contributed by atoms with Gasteiger partial charge in [-0.2, -0.15) is 0 Å². The molecule has 3 nitrogen and oxygen atoms in total. The second-order valence-corrected chi connectivity index (χ2v) is 6.65. The Hall–Kier alpha value is -1.06. The van der Waals surface area contributed by atoms with E-state index >= 15 is 0 Å². The van der Waals surface area contributed by atoms with Gasteiger partial charge in [-0.05, 0) is 51.5 Å². The van der Waals surface area contributed by atoms with Crippen LogP contribution in [-0.4, -0.2) is 29.4 Å². The fourth-order valence-electron chi connectivity index (χ4n) is 3.54. The summed E-state index contributed by atoms with van der Waals surface area (Å²) in [7, 11) is 0. The molecule has 130 valence electrons. The highest BCUT2D eigenvalue weighted by atomic mass is 35.5. The molecule has 3 unspecified atom stereocenters. The molecule has 0 saturated heterocycles. The van der Waals surface area contributed by atoms with Crippen molar-refractivity contribution in [1.82, 2.24) is 4.90 Å². The van der Waals surface area contributed by atoms with Gasteiger partial charge in [0.05, 0.1) is 0 Å². The van der Waals surface area contributed by atoms with E-state index in [1.54, 1.807) is 0 Å². The van der Waals surface area contributed by atoms with Crippen LogP contribution in [0, 0.1) is 12.8 Å². The molecular weight excluding hydrogens is 308 g/mol. The van der Waals surface area contributed by atoms with Gasteiger partial charge in [0, 0.05) is 24.5 Å². The van der Waals surface area contributed by atoms with Crippen molar-refractivity contribution in [3.8, 4) is 0 Å². The van der Waals surface area contributed by atoms with Crippen LogP contribution in [0.15, 0.2) is 24.3 Å². The molecule has 1 aromatic carbocycles. The number of halogens is 1. The fraction of sp³-hybridized carbons (Fsp3) is 0.632. The summed E-state index contributed by atoms with van der Waals surface area (Å²) in [6.45, 7) is 7.15. The monoisotopic (exact) mass is 338 g/mol. The lowest BCUT2D eigenvalue weighted by Gasteiger charge is -2.32. The van der Waals surface area contributed by atoms with Crippen molar-refractivity contribution in [2.75, 3.05) is 6.54 Å². The van der Waals surface area contributed by atoms with Gasteiger partial charge in [0.25, 0.3) is 0 Å². The van der Waals surface area contributed by atoms with Crippen molar-refractivity contribution < 1.29 is 4.79 Å². The highest BCUT2D eigenvalue weighted by molar-refractivity contribution is 5.85. The van der Waals surface area contributed by atoms with Gasteiger partial charge in [0.15, 0.2) is 0 Å². The quantitative estimate of drug-likeness (QED) is 0.859. The van der Waals surface area contributed by atoms with Gasteiger partial charge in [0.1, 0.15) is 0 Å². The van der Waals surface area contributed by atoms with Crippen LogP contribution in [-0.2, 0) is 11.2 Å². The molecule has 23 heavy (non-hydrogen) atoms. The van der Waals surface area contributed by atoms with Crippen LogP contribution in [0.5, 0.6) is 0 Å². The predicted octanol–water partition coefficient (Wildman–Crippen LogP) is 3.71. The number of rotatable bonds is 6. The average Bonchev–Trinajstić information content (AvgIpc) is 2.95. The topological polar surface area (TPSA) is 46.3 Å². The predicted molar refractivity (Wildman–Crippen MR) is 98.9 cm³/mol. The Balaban J connectivity index is 0.00000264. The zero-order valence-electron chi connectivity index (χ0n) is 14.6. The molecule has 3 atom stereocenters. The second kappa shape index (κ2) is 9.29. The Morgan fingerprint density at radius 2 is 1.91 bits per heavy atom. The maximum atomic E-state index is 12.8. The summed E-state index contributed by atoms with van der Waals surface area (Å²) < 4.78 is 0. The molecule has 2 rings (SSSR count). The Kier molecular flexibility index (Phi) is 8.07. The number of carbonyl (C=O) groups excluding carboxylic acids is 1. The summed E-state index contributed by atoms with van der Waals surface area (Å²) in [6, 6.07) is 9.16. The van der Waals surface area contributed by atoms with Gasteiger partial charge in [-0.1, -0.05) is 36.8 Å². The van der Waals surface area contributed by atoms with E-state index < -0.39 is 0 Å². The third-order valence-corrected chi connectivity index (χ3v) is 4.95. The molecular formula is C19H31ClN2O. The molecule has 0 spiro atoms. The Bertz CT molecular complexity index is 489. The fourth-order valence-corrected chi connectivity index (χ4v) is 3.54. The molecule has 0 aromatic heterocycles. The summed E-state index contributed by atoms with van der Waals surface area (Å²) in [4.78, 5) is 14.9. The Morgan fingerprint density at radius 3 is 2.39 bits per heavy atom. The number of nitrogens with two attached hydrogens (primary N) is 1. The summed E-state index contributed by atoms with van der Waals surface area (Å²) in [5.74, 6) is 0.455. The van der Waals surface area contributed by atoms with Crippen molar-refractivity contribution in [2.24, 2.45) is 11.7 Å². The van der Waals surface area contributed by atoms with E-state index in [0.717, 1.165) is 38.6 Å². The molecule has 0 heterocycles. The minimum Gasteiger partial charge on any atom is -0.339 e. The molecule has 2 N–H and O–H groups in total. The molecule has 1 amide bonds. The molecule has 0 bridgehead atoms. The average molecular weight is 339 g/mol. The van der Waals surface area contributed by atoms with Gasteiger partial charge in [-0.3, -0.25) is 4.79 Å². The summed E-state index contributed by atoms with van der Waals surface area (Å²) in [5, 5.41) is 0. The molecule has 0 aliphatic heterocycles. The normalized spacial score (nSPS) is 21.6. The molecule has 4 heteroatoms. The molecule has 1 aliphatic carbocycles. The van der Waals surface area contributed by atoms with Crippen LogP contribution in [0.4, 0.5) is 0 Å². The lowest BCUT2D eigenvalue weighted by Crippen LogP contribution is -2.44. The molecule has 1 saturated carbocycles. The number of hydrogen-bond acceptors (Lipinski definition) is 2. The number of benzene rings is 1. The van der Waals surface area contributed by atoms with E-state index in [1.807, 2.05) is 0 Å². The number of amides is 1. The molecule has 0 radical (unpaired) electrons. The van der Waals surface area contributed by atoms with Crippen molar-refractivity contribution in [3.63, 3.8) is 0 Å². The zero-order chi connectivity index (χ0) is 16.1. The molecule has 1 fully saturated rings. The van der Waals surface area contributed by atoms with Gasteiger partial charge in [-0.25, -0.2) is 0 Å². The summed E-state index contributed by atoms with van der Waals surface area (Å²) in [6.07, 6.45) is 4.73. The van der Waals surface area contributed by atoms with E-state index in [4.69, 9.17) is 5.73 Å². The van der Waals surface area contributed by atoms with Gasteiger partial charge >= 0.3 is 0 Å². The first-order chi connectivity index (χ1) is 10.5. The zero-order valence-corrected chi connectivity index (χ0v) is 15.4. The van der Waals surface area contributed by atoms with Gasteiger partial charge < -0.3 is 10.6 Å². The van der Waals surface area contributed by atoms with Gasteiger partial charge in [-0.15, -0.1) is 12.4 Å². The van der Waals surface area contributed by atoms with Crippen LogP contribution in [0.2, 0.25) is 0 Å². The lowest BCUT2D eigenvalue weighted by atomic mass is 9.98. The number of hydrogen-bond donors (Lipinski definition) is 1. The maximum Gasteiger partial charge on any atom is 0.225 e. The second-order valence-electron chi connectivity index (χ2n) is 6.65. The third-order valence-electron chi connectivity index (χ3n) is 4.95. The highest BCUT2D eigenvalue weighted by Crippen LogP contribution is 2.27. The van der Waals surface area contributed by atoms with Crippen LogP contribution in [0.25, 0.3) is 0 Å². The van der Waals surface area contributed by atoms with Gasteiger partial charge in [0.2, 0.25) is 5.91 Å². The Labute approximate surface area is 147 Å². The SMILES string of the molecule is CCC(Cc1ccc(C)cc1)N(CC)C(=O)C1CCC(N)C1.Cl. The van der Waals surface area contributed by atoms with E-state index in [1.165, 1.54) is 11.1 Å².